The number of hydrazone groups is 1. The molecule has 0 aliphatic carbocycles. The summed E-state index contributed by atoms with van der Waals surface area (Å²) >= 11 is 0. The third kappa shape index (κ3) is 11.7. The van der Waals surface area contributed by atoms with Crippen molar-refractivity contribution in [2.45, 2.75) is 60.3 Å². The number of ether oxygens (including phenoxy) is 1. The number of benzene rings is 3. The van der Waals surface area contributed by atoms with Gasteiger partial charge in [-0.3, -0.25) is 14.5 Å². The van der Waals surface area contributed by atoms with Gasteiger partial charge in [-0.2, -0.15) is 5.10 Å². The molecule has 10 heteroatoms. The number of hydrogen-bond acceptors (Lipinski definition) is 8. The maximum atomic E-state index is 13.4. The van der Waals surface area contributed by atoms with Gasteiger partial charge in [-0.1, -0.05) is 44.2 Å². The van der Waals surface area contributed by atoms with E-state index in [4.69, 9.17) is 4.74 Å². The first kappa shape index (κ1) is 36.4. The standard InChI is InChI=1S/C36H49N5O5/c1-7-40(8-2)16-17-46-32-14-15-34(33(20-32)36(45)39-37-21-29-13-12-25(3)26(4)18-29)38-35(44)31-11-9-10-30(19-31)24-41(22-27(5)42)23-28(6)43/h9-15,18-21,27-28,42-43H,7-8,16-17,22-24H2,1-6H3,(H,38,44)(H,39,45). The molecule has 3 aromatic carbocycles. The molecule has 2 unspecified atom stereocenters. The summed E-state index contributed by atoms with van der Waals surface area (Å²) in [6.45, 7) is 15.9. The molecule has 0 spiro atoms. The van der Waals surface area contributed by atoms with E-state index in [0.717, 1.165) is 36.3 Å². The fourth-order valence-corrected chi connectivity index (χ4v) is 5.03. The van der Waals surface area contributed by atoms with Crippen LogP contribution in [-0.4, -0.2) is 89.6 Å². The van der Waals surface area contributed by atoms with Gasteiger partial charge < -0.3 is 25.2 Å². The predicted molar refractivity (Wildman–Crippen MR) is 184 cm³/mol. The third-order valence-corrected chi connectivity index (χ3v) is 7.61. The number of aliphatic hydroxyl groups is 2. The number of nitrogens with one attached hydrogen (secondary N) is 2. The number of carbonyl (C=O) groups excluding carboxylic acids is 2. The van der Waals surface area contributed by atoms with Crippen molar-refractivity contribution >= 4 is 23.7 Å². The van der Waals surface area contributed by atoms with Crippen molar-refractivity contribution in [2.75, 3.05) is 44.6 Å². The van der Waals surface area contributed by atoms with Crippen LogP contribution in [0.2, 0.25) is 0 Å². The van der Waals surface area contributed by atoms with Crippen LogP contribution in [0.5, 0.6) is 5.75 Å². The normalized spacial score (nSPS) is 12.8. The van der Waals surface area contributed by atoms with Crippen molar-refractivity contribution in [1.82, 2.24) is 15.2 Å². The molecule has 3 aromatic rings. The topological polar surface area (TPSA) is 127 Å². The summed E-state index contributed by atoms with van der Waals surface area (Å²) in [6, 6.07) is 18.1. The average Bonchev–Trinajstić information content (AvgIpc) is 3.01. The Morgan fingerprint density at radius 2 is 1.61 bits per heavy atom. The van der Waals surface area contributed by atoms with E-state index in [-0.39, 0.29) is 11.5 Å². The molecule has 2 atom stereocenters. The highest BCUT2D eigenvalue weighted by atomic mass is 16.5. The first-order chi connectivity index (χ1) is 22.0. The fraction of sp³-hybridized carbons (Fsp3) is 0.417. The van der Waals surface area contributed by atoms with Gasteiger partial charge in [0.25, 0.3) is 11.8 Å². The lowest BCUT2D eigenvalue weighted by Crippen LogP contribution is -2.35. The van der Waals surface area contributed by atoms with Crippen LogP contribution in [0.15, 0.2) is 65.8 Å². The van der Waals surface area contributed by atoms with Crippen LogP contribution < -0.4 is 15.5 Å². The van der Waals surface area contributed by atoms with Crippen molar-refractivity contribution < 1.29 is 24.5 Å². The van der Waals surface area contributed by atoms with Crippen LogP contribution in [0.1, 0.15) is 70.7 Å². The fourth-order valence-electron chi connectivity index (χ4n) is 5.03. The van der Waals surface area contributed by atoms with Crippen molar-refractivity contribution in [2.24, 2.45) is 5.10 Å². The quantitative estimate of drug-likeness (QED) is 0.127. The van der Waals surface area contributed by atoms with Gasteiger partial charge >= 0.3 is 0 Å². The van der Waals surface area contributed by atoms with Gasteiger partial charge in [0.15, 0.2) is 0 Å². The zero-order valence-corrected chi connectivity index (χ0v) is 27.9. The van der Waals surface area contributed by atoms with E-state index >= 15 is 0 Å². The minimum atomic E-state index is -0.565. The SMILES string of the molecule is CCN(CC)CCOc1ccc(NC(=O)c2cccc(CN(CC(C)O)CC(C)O)c2)c(C(=O)NN=Cc2ccc(C)c(C)c2)c1. The first-order valence-corrected chi connectivity index (χ1v) is 15.9. The number of rotatable bonds is 17. The van der Waals surface area contributed by atoms with E-state index in [2.05, 4.69) is 34.6 Å². The summed E-state index contributed by atoms with van der Waals surface area (Å²) in [5, 5.41) is 26.8. The first-order valence-electron chi connectivity index (χ1n) is 15.9. The van der Waals surface area contributed by atoms with E-state index in [0.29, 0.717) is 43.2 Å². The minimum Gasteiger partial charge on any atom is -0.492 e. The van der Waals surface area contributed by atoms with Crippen LogP contribution in [0.4, 0.5) is 5.69 Å². The highest BCUT2D eigenvalue weighted by Crippen LogP contribution is 2.24. The smallest absolute Gasteiger partial charge is 0.273 e. The second-order valence-electron chi connectivity index (χ2n) is 11.7. The van der Waals surface area contributed by atoms with Gasteiger partial charge in [0, 0.05) is 31.7 Å². The molecule has 248 valence electrons. The Bertz CT molecular complexity index is 1460. The van der Waals surface area contributed by atoms with Crippen LogP contribution in [0, 0.1) is 13.8 Å². The Kier molecular flexibility index (Phi) is 14.4. The van der Waals surface area contributed by atoms with E-state index in [9.17, 15) is 19.8 Å². The number of aliphatic hydroxyl groups excluding tert-OH is 2. The monoisotopic (exact) mass is 631 g/mol. The van der Waals surface area contributed by atoms with Gasteiger partial charge in [0.05, 0.1) is 29.7 Å². The molecule has 3 rings (SSSR count). The highest BCUT2D eigenvalue weighted by Gasteiger charge is 2.18. The van der Waals surface area contributed by atoms with E-state index in [1.165, 1.54) is 5.56 Å². The highest BCUT2D eigenvalue weighted by molar-refractivity contribution is 6.09. The second-order valence-corrected chi connectivity index (χ2v) is 11.7. The lowest BCUT2D eigenvalue weighted by Gasteiger charge is -2.25. The summed E-state index contributed by atoms with van der Waals surface area (Å²) in [6.07, 6.45) is 0.449. The molecule has 0 aliphatic rings. The summed E-state index contributed by atoms with van der Waals surface area (Å²) in [4.78, 5) is 31.0. The maximum absolute atomic E-state index is 13.4. The van der Waals surface area contributed by atoms with Crippen molar-refractivity contribution in [3.05, 3.63) is 94.0 Å². The molecule has 4 N–H and O–H groups in total. The molecular weight excluding hydrogens is 582 g/mol. The zero-order valence-electron chi connectivity index (χ0n) is 27.9. The van der Waals surface area contributed by atoms with E-state index in [1.54, 1.807) is 56.5 Å². The average molecular weight is 632 g/mol. The molecule has 0 radical (unpaired) electrons. The summed E-state index contributed by atoms with van der Waals surface area (Å²) < 4.78 is 5.97. The van der Waals surface area contributed by atoms with Gasteiger partial charge in [-0.05, 0) is 93.4 Å². The number of anilines is 1. The molecule has 2 amide bonds. The Labute approximate surface area is 273 Å². The van der Waals surface area contributed by atoms with Gasteiger partial charge in [0.1, 0.15) is 12.4 Å². The van der Waals surface area contributed by atoms with Gasteiger partial charge in [0.2, 0.25) is 0 Å². The molecule has 0 aromatic heterocycles. The predicted octanol–water partition coefficient (Wildman–Crippen LogP) is 4.60. The molecule has 10 nitrogen and oxygen atoms in total. The van der Waals surface area contributed by atoms with E-state index < -0.39 is 18.1 Å². The Morgan fingerprint density at radius 3 is 2.26 bits per heavy atom. The van der Waals surface area contributed by atoms with Crippen molar-refractivity contribution in [3.8, 4) is 5.75 Å². The lowest BCUT2D eigenvalue weighted by atomic mass is 10.1. The number of amides is 2. The minimum absolute atomic E-state index is 0.210. The zero-order chi connectivity index (χ0) is 33.6. The molecular formula is C36H49N5O5. The van der Waals surface area contributed by atoms with E-state index in [1.807, 2.05) is 43.0 Å². The number of aryl methyl sites for hydroxylation is 2. The number of nitrogens with zero attached hydrogens (tertiary/aromatic N) is 3. The van der Waals surface area contributed by atoms with Gasteiger partial charge in [-0.25, -0.2) is 5.43 Å². The molecule has 0 saturated heterocycles. The summed E-state index contributed by atoms with van der Waals surface area (Å²) in [5.74, 6) is -0.376. The van der Waals surface area contributed by atoms with Crippen LogP contribution in [0.3, 0.4) is 0 Å². The Balaban J connectivity index is 1.81. The molecule has 0 heterocycles. The van der Waals surface area contributed by atoms with Crippen molar-refractivity contribution in [1.29, 1.82) is 0 Å². The largest absolute Gasteiger partial charge is 0.492 e. The summed E-state index contributed by atoms with van der Waals surface area (Å²) in [5.41, 5.74) is 7.51. The van der Waals surface area contributed by atoms with Crippen molar-refractivity contribution in [3.63, 3.8) is 0 Å². The molecule has 0 saturated carbocycles. The lowest BCUT2D eigenvalue weighted by molar-refractivity contribution is 0.0793. The number of hydrogen-bond donors (Lipinski definition) is 4. The van der Waals surface area contributed by atoms with Crippen LogP contribution in [-0.2, 0) is 6.54 Å². The molecule has 0 fully saturated rings. The van der Waals surface area contributed by atoms with Gasteiger partial charge in [-0.15, -0.1) is 0 Å². The van der Waals surface area contributed by atoms with Crippen LogP contribution >= 0.6 is 0 Å². The maximum Gasteiger partial charge on any atom is 0.273 e. The van der Waals surface area contributed by atoms with Crippen LogP contribution in [0.25, 0.3) is 0 Å². The number of likely N-dealkylation sites (N-methyl/N-ethyl adjacent to an activating group) is 1. The Morgan fingerprint density at radius 1 is 0.891 bits per heavy atom. The molecule has 46 heavy (non-hydrogen) atoms. The second kappa shape index (κ2) is 18.2. The Hall–Kier alpha value is -4.09. The molecule has 0 bridgehead atoms. The summed E-state index contributed by atoms with van der Waals surface area (Å²) in [7, 11) is 0. The molecule has 0 aliphatic heterocycles. The number of carbonyl (C=O) groups is 2. The third-order valence-electron chi connectivity index (χ3n) is 7.61.